The predicted molar refractivity (Wildman–Crippen MR) is 77.3 cm³/mol. The van der Waals surface area contributed by atoms with E-state index in [1.807, 2.05) is 35.0 Å². The van der Waals surface area contributed by atoms with Gasteiger partial charge in [0.1, 0.15) is 17.8 Å². The third kappa shape index (κ3) is 2.58. The maximum Gasteiger partial charge on any atom is 0.129 e. The number of hydrogen-bond donors (Lipinski definition) is 1. The summed E-state index contributed by atoms with van der Waals surface area (Å²) in [7, 11) is 0. The van der Waals surface area contributed by atoms with Crippen molar-refractivity contribution in [2.24, 2.45) is 0 Å². The van der Waals surface area contributed by atoms with E-state index in [9.17, 15) is 0 Å². The van der Waals surface area contributed by atoms with Crippen LogP contribution in [-0.2, 0) is 13.1 Å². The van der Waals surface area contributed by atoms with Gasteiger partial charge in [0.15, 0.2) is 0 Å². The molecule has 0 bridgehead atoms. The molecule has 0 fully saturated rings. The summed E-state index contributed by atoms with van der Waals surface area (Å²) in [5, 5.41) is 11.8. The smallest absolute Gasteiger partial charge is 0.129 e. The second-order valence-electron chi connectivity index (χ2n) is 5.14. The number of nitrogens with zero attached hydrogens (tertiary/aromatic N) is 3. The Morgan fingerprint density at radius 2 is 2.10 bits per heavy atom. The molecular weight excluding hydrogens is 252 g/mol. The van der Waals surface area contributed by atoms with Gasteiger partial charge in [0.2, 0.25) is 0 Å². The Morgan fingerprint density at radius 3 is 2.95 bits per heavy atom. The van der Waals surface area contributed by atoms with Crippen LogP contribution in [0.3, 0.4) is 0 Å². The van der Waals surface area contributed by atoms with Crippen LogP contribution >= 0.6 is 0 Å². The zero-order chi connectivity index (χ0) is 13.9. The van der Waals surface area contributed by atoms with Gasteiger partial charge in [-0.3, -0.25) is 0 Å². The minimum Gasteiger partial charge on any atom is -0.467 e. The molecule has 0 atom stereocenters. The molecule has 5 nitrogen and oxygen atoms in total. The molecule has 0 amide bonds. The molecule has 3 rings (SSSR count). The second-order valence-corrected chi connectivity index (χ2v) is 5.14. The molecule has 0 saturated carbocycles. The fraction of sp³-hybridized carbons (Fsp3) is 0.333. The molecule has 0 saturated heterocycles. The summed E-state index contributed by atoms with van der Waals surface area (Å²) in [6.45, 7) is 5.66. The average molecular weight is 270 g/mol. The molecule has 0 aliphatic rings. The Morgan fingerprint density at radius 1 is 1.25 bits per heavy atom. The molecule has 3 aromatic rings. The first-order valence-electron chi connectivity index (χ1n) is 6.81. The summed E-state index contributed by atoms with van der Waals surface area (Å²) in [5.74, 6) is 0.925. The van der Waals surface area contributed by atoms with Crippen LogP contribution in [0.25, 0.3) is 11.0 Å². The van der Waals surface area contributed by atoms with Crippen molar-refractivity contribution in [3.8, 4) is 0 Å². The third-order valence-corrected chi connectivity index (χ3v) is 3.25. The summed E-state index contributed by atoms with van der Waals surface area (Å²) in [5.41, 5.74) is 3.09. The Hall–Kier alpha value is -2.14. The van der Waals surface area contributed by atoms with Crippen LogP contribution in [0.1, 0.15) is 25.2 Å². The molecule has 2 aromatic heterocycles. The largest absolute Gasteiger partial charge is 0.467 e. The molecular formula is C15H18N4O. The minimum absolute atomic E-state index is 0.449. The van der Waals surface area contributed by atoms with Crippen molar-refractivity contribution in [1.82, 2.24) is 20.3 Å². The zero-order valence-electron chi connectivity index (χ0n) is 11.7. The van der Waals surface area contributed by atoms with Gasteiger partial charge in [0.25, 0.3) is 0 Å². The fourth-order valence-corrected chi connectivity index (χ4v) is 2.15. The van der Waals surface area contributed by atoms with Crippen LogP contribution < -0.4 is 5.32 Å². The molecule has 5 heteroatoms. The third-order valence-electron chi connectivity index (χ3n) is 3.25. The van der Waals surface area contributed by atoms with Crippen molar-refractivity contribution >= 4 is 11.0 Å². The minimum atomic E-state index is 0.449. The standard InChI is InChI=1S/C15H18N4O/c1-11(2)16-9-12-7-8-20-15(12)10-19-14-6-4-3-5-13(14)17-18-19/h3-8,11,16H,9-10H2,1-2H3. The number of rotatable bonds is 5. The molecule has 0 aliphatic heterocycles. The van der Waals surface area contributed by atoms with E-state index in [2.05, 4.69) is 29.5 Å². The van der Waals surface area contributed by atoms with Gasteiger partial charge in [-0.05, 0) is 18.2 Å². The lowest BCUT2D eigenvalue weighted by Crippen LogP contribution is -2.22. The number of hydrogen-bond acceptors (Lipinski definition) is 4. The van der Waals surface area contributed by atoms with E-state index in [4.69, 9.17) is 4.42 Å². The number of nitrogens with one attached hydrogen (secondary N) is 1. The van der Waals surface area contributed by atoms with Gasteiger partial charge in [-0.25, -0.2) is 4.68 Å². The van der Waals surface area contributed by atoms with Crippen LogP contribution in [0, 0.1) is 0 Å². The van der Waals surface area contributed by atoms with Crippen molar-refractivity contribution in [2.75, 3.05) is 0 Å². The first kappa shape index (κ1) is 12.9. The van der Waals surface area contributed by atoms with Crippen molar-refractivity contribution in [3.63, 3.8) is 0 Å². The van der Waals surface area contributed by atoms with E-state index in [-0.39, 0.29) is 0 Å². The van der Waals surface area contributed by atoms with Crippen molar-refractivity contribution in [2.45, 2.75) is 33.0 Å². The maximum atomic E-state index is 5.59. The normalized spacial score (nSPS) is 11.6. The molecule has 1 aromatic carbocycles. The first-order valence-corrected chi connectivity index (χ1v) is 6.81. The molecule has 2 heterocycles. The Bertz CT molecular complexity index is 699. The lowest BCUT2D eigenvalue weighted by atomic mass is 10.2. The van der Waals surface area contributed by atoms with Crippen molar-refractivity contribution in [3.05, 3.63) is 47.9 Å². The Kier molecular flexibility index (Phi) is 3.52. The van der Waals surface area contributed by atoms with E-state index in [1.54, 1.807) is 6.26 Å². The lowest BCUT2D eigenvalue weighted by molar-refractivity contribution is 0.470. The molecule has 20 heavy (non-hydrogen) atoms. The van der Waals surface area contributed by atoms with Gasteiger partial charge < -0.3 is 9.73 Å². The molecule has 1 N–H and O–H groups in total. The summed E-state index contributed by atoms with van der Waals surface area (Å²) in [6.07, 6.45) is 1.73. The van der Waals surface area contributed by atoms with Crippen molar-refractivity contribution < 1.29 is 4.42 Å². The topological polar surface area (TPSA) is 55.9 Å². The van der Waals surface area contributed by atoms with E-state index in [1.165, 1.54) is 5.56 Å². The second kappa shape index (κ2) is 5.46. The molecule has 104 valence electrons. The Labute approximate surface area is 117 Å². The van der Waals surface area contributed by atoms with Gasteiger partial charge >= 0.3 is 0 Å². The van der Waals surface area contributed by atoms with Crippen LogP contribution in [0.2, 0.25) is 0 Å². The number of aromatic nitrogens is 3. The van der Waals surface area contributed by atoms with E-state index in [0.717, 1.165) is 23.3 Å². The van der Waals surface area contributed by atoms with E-state index in [0.29, 0.717) is 12.6 Å². The van der Waals surface area contributed by atoms with Gasteiger partial charge in [-0.15, -0.1) is 5.10 Å². The quantitative estimate of drug-likeness (QED) is 0.774. The van der Waals surface area contributed by atoms with Crippen molar-refractivity contribution in [1.29, 1.82) is 0 Å². The first-order chi connectivity index (χ1) is 9.74. The predicted octanol–water partition coefficient (Wildman–Crippen LogP) is 2.57. The highest BCUT2D eigenvalue weighted by Crippen LogP contribution is 2.16. The number of fused-ring (bicyclic) bond motifs is 1. The summed E-state index contributed by atoms with van der Waals surface area (Å²) in [4.78, 5) is 0. The summed E-state index contributed by atoms with van der Waals surface area (Å²) in [6, 6.07) is 10.4. The highest BCUT2D eigenvalue weighted by Gasteiger charge is 2.10. The van der Waals surface area contributed by atoms with Gasteiger partial charge in [0, 0.05) is 18.2 Å². The summed E-state index contributed by atoms with van der Waals surface area (Å²) >= 11 is 0. The molecule has 0 unspecified atom stereocenters. The van der Waals surface area contributed by atoms with Gasteiger partial charge in [-0.2, -0.15) is 0 Å². The summed E-state index contributed by atoms with van der Waals surface area (Å²) < 4.78 is 7.46. The van der Waals surface area contributed by atoms with E-state index >= 15 is 0 Å². The highest BCUT2D eigenvalue weighted by molar-refractivity contribution is 5.73. The number of furan rings is 1. The molecule has 0 spiro atoms. The maximum absolute atomic E-state index is 5.59. The van der Waals surface area contributed by atoms with Crippen LogP contribution in [0.4, 0.5) is 0 Å². The average Bonchev–Trinajstić information content (AvgIpc) is 3.05. The van der Waals surface area contributed by atoms with Crippen LogP contribution in [-0.4, -0.2) is 21.0 Å². The monoisotopic (exact) mass is 270 g/mol. The lowest BCUT2D eigenvalue weighted by Gasteiger charge is -2.08. The van der Waals surface area contributed by atoms with Gasteiger partial charge in [-0.1, -0.05) is 31.2 Å². The highest BCUT2D eigenvalue weighted by atomic mass is 16.3. The van der Waals surface area contributed by atoms with Crippen LogP contribution in [0.15, 0.2) is 41.0 Å². The zero-order valence-corrected chi connectivity index (χ0v) is 11.7. The number of para-hydroxylation sites is 1. The van der Waals surface area contributed by atoms with E-state index < -0.39 is 0 Å². The van der Waals surface area contributed by atoms with Gasteiger partial charge in [0.05, 0.1) is 11.8 Å². The Balaban J connectivity index is 1.83. The van der Waals surface area contributed by atoms with Crippen LogP contribution in [0.5, 0.6) is 0 Å². The molecule has 0 radical (unpaired) electrons. The molecule has 0 aliphatic carbocycles. The number of benzene rings is 1. The fourth-order valence-electron chi connectivity index (χ4n) is 2.15. The SMILES string of the molecule is CC(C)NCc1ccoc1Cn1nnc2ccccc21.